The number of rotatable bonds is 8. The Balaban J connectivity index is 1.97. The third-order valence-electron chi connectivity index (χ3n) is 5.97. The minimum Gasteiger partial charge on any atom is -0.507 e. The number of aryl methyl sites for hydroxylation is 3. The smallest absolute Gasteiger partial charge is 0.313 e. The molecule has 3 aromatic rings. The molecule has 0 saturated heterocycles. The van der Waals surface area contributed by atoms with Crippen molar-refractivity contribution in [3.05, 3.63) is 87.5 Å². The lowest BCUT2D eigenvalue weighted by molar-refractivity contribution is -0.138. The topological polar surface area (TPSA) is 72.8 Å². The van der Waals surface area contributed by atoms with E-state index in [1.54, 1.807) is 39.8 Å². The van der Waals surface area contributed by atoms with E-state index in [1.165, 1.54) is 0 Å². The Bertz CT molecular complexity index is 1180. The monoisotopic (exact) mass is 488 g/mol. The van der Waals surface area contributed by atoms with Gasteiger partial charge in [-0.05, 0) is 55.2 Å². The van der Waals surface area contributed by atoms with Gasteiger partial charge in [-0.15, -0.1) is 0 Å². The lowest BCUT2D eigenvalue weighted by Gasteiger charge is -2.17. The Morgan fingerprint density at radius 3 is 1.36 bits per heavy atom. The van der Waals surface area contributed by atoms with Gasteiger partial charge in [-0.1, -0.05) is 80.8 Å². The second-order valence-electron chi connectivity index (χ2n) is 10.2. The maximum Gasteiger partial charge on any atom is 0.313 e. The van der Waals surface area contributed by atoms with Gasteiger partial charge in [-0.3, -0.25) is 9.59 Å². The summed E-state index contributed by atoms with van der Waals surface area (Å²) in [4.78, 5) is 24.5. The Kier molecular flexibility index (Phi) is 8.57. The van der Waals surface area contributed by atoms with Crippen molar-refractivity contribution in [3.8, 4) is 17.2 Å². The van der Waals surface area contributed by atoms with Crippen LogP contribution in [-0.4, -0.2) is 17.0 Å². The van der Waals surface area contributed by atoms with Crippen LogP contribution in [0.25, 0.3) is 0 Å². The second-order valence-corrected chi connectivity index (χ2v) is 10.2. The first kappa shape index (κ1) is 27.0. The van der Waals surface area contributed by atoms with Crippen LogP contribution < -0.4 is 9.47 Å². The summed E-state index contributed by atoms with van der Waals surface area (Å²) in [6.07, 6.45) is 0.817. The van der Waals surface area contributed by atoms with Crippen LogP contribution in [0.3, 0.4) is 0 Å². The maximum atomic E-state index is 12.3. The lowest BCUT2D eigenvalue weighted by Crippen LogP contribution is -2.16. The zero-order valence-electron chi connectivity index (χ0n) is 22.3. The molecule has 0 fully saturated rings. The average Bonchev–Trinajstić information content (AvgIpc) is 2.80. The first-order valence-corrected chi connectivity index (χ1v) is 12.4. The molecule has 0 radical (unpaired) electrons. The van der Waals surface area contributed by atoms with Crippen molar-refractivity contribution in [3.63, 3.8) is 0 Å². The number of phenols is 1. The number of aromatic hydroxyl groups is 1. The molecule has 0 bridgehead atoms. The number of hydrogen-bond donors (Lipinski definition) is 1. The standard InChI is InChI=1S/C31H36O5/c1-18(2)30(33)35-27-10-8-20(5)12-23(27)16-25-14-22(7)15-26(29(25)32)17-24-13-21(6)9-11-28(24)36-31(34)19(3)4/h8-15,18-19,32H,16-17H2,1-7H3. The number of benzene rings is 3. The molecule has 190 valence electrons. The molecule has 0 aromatic heterocycles. The fourth-order valence-corrected chi connectivity index (χ4v) is 3.96. The van der Waals surface area contributed by atoms with Gasteiger partial charge in [0.25, 0.3) is 0 Å². The lowest BCUT2D eigenvalue weighted by atomic mass is 9.94. The SMILES string of the molecule is Cc1ccc(OC(=O)C(C)C)c(Cc2cc(C)cc(Cc3cc(C)ccc3OC(=O)C(C)C)c2O)c1. The van der Waals surface area contributed by atoms with Gasteiger partial charge < -0.3 is 14.6 Å². The summed E-state index contributed by atoms with van der Waals surface area (Å²) in [7, 11) is 0. The van der Waals surface area contributed by atoms with E-state index in [9.17, 15) is 14.7 Å². The highest BCUT2D eigenvalue weighted by atomic mass is 16.5. The van der Waals surface area contributed by atoms with Gasteiger partial charge in [0.05, 0.1) is 11.8 Å². The van der Waals surface area contributed by atoms with E-state index in [4.69, 9.17) is 9.47 Å². The molecule has 0 saturated carbocycles. The molecule has 0 aliphatic heterocycles. The minimum atomic E-state index is -0.294. The van der Waals surface area contributed by atoms with Crippen molar-refractivity contribution >= 4 is 11.9 Å². The van der Waals surface area contributed by atoms with Crippen LogP contribution in [0, 0.1) is 32.6 Å². The summed E-state index contributed by atoms with van der Waals surface area (Å²) in [5.41, 5.74) is 6.23. The molecule has 3 rings (SSSR count). The highest BCUT2D eigenvalue weighted by Crippen LogP contribution is 2.34. The summed E-state index contributed by atoms with van der Waals surface area (Å²) < 4.78 is 11.3. The summed E-state index contributed by atoms with van der Waals surface area (Å²) >= 11 is 0. The molecular weight excluding hydrogens is 452 g/mol. The fourth-order valence-electron chi connectivity index (χ4n) is 3.96. The number of phenolic OH excluding ortho intramolecular Hbond substituents is 1. The minimum absolute atomic E-state index is 0.186. The summed E-state index contributed by atoms with van der Waals surface area (Å²) in [6.45, 7) is 13.1. The number of esters is 2. The third kappa shape index (κ3) is 6.75. The Morgan fingerprint density at radius 1 is 0.639 bits per heavy atom. The average molecular weight is 489 g/mol. The second kappa shape index (κ2) is 11.4. The van der Waals surface area contributed by atoms with E-state index in [2.05, 4.69) is 0 Å². The first-order valence-electron chi connectivity index (χ1n) is 12.4. The zero-order chi connectivity index (χ0) is 26.6. The van der Waals surface area contributed by atoms with Gasteiger partial charge in [-0.2, -0.15) is 0 Å². The van der Waals surface area contributed by atoms with E-state index in [-0.39, 0.29) is 29.5 Å². The molecule has 0 atom stereocenters. The quantitative estimate of drug-likeness (QED) is 0.285. The van der Waals surface area contributed by atoms with Gasteiger partial charge in [0.2, 0.25) is 0 Å². The highest BCUT2D eigenvalue weighted by Gasteiger charge is 2.18. The van der Waals surface area contributed by atoms with Gasteiger partial charge >= 0.3 is 11.9 Å². The van der Waals surface area contributed by atoms with Gasteiger partial charge in [0.15, 0.2) is 0 Å². The number of carbonyl (C=O) groups excluding carboxylic acids is 2. The Labute approximate surface area is 214 Å². The molecule has 1 N–H and O–H groups in total. The van der Waals surface area contributed by atoms with Gasteiger partial charge in [0.1, 0.15) is 17.2 Å². The predicted molar refractivity (Wildman–Crippen MR) is 142 cm³/mol. The van der Waals surface area contributed by atoms with Crippen LogP contribution in [-0.2, 0) is 22.4 Å². The van der Waals surface area contributed by atoms with E-state index < -0.39 is 0 Å². The molecule has 0 amide bonds. The molecule has 0 heterocycles. The number of carbonyl (C=O) groups is 2. The number of ether oxygens (including phenoxy) is 2. The van der Waals surface area contributed by atoms with Crippen LogP contribution in [0.15, 0.2) is 48.5 Å². The van der Waals surface area contributed by atoms with Crippen LogP contribution in [0.1, 0.15) is 66.6 Å². The van der Waals surface area contributed by atoms with Crippen molar-refractivity contribution < 1.29 is 24.2 Å². The molecule has 0 spiro atoms. The molecule has 0 unspecified atom stereocenters. The van der Waals surface area contributed by atoms with Crippen LogP contribution in [0.2, 0.25) is 0 Å². The van der Waals surface area contributed by atoms with Crippen LogP contribution >= 0.6 is 0 Å². The van der Waals surface area contributed by atoms with Crippen molar-refractivity contribution in [2.45, 2.75) is 61.3 Å². The van der Waals surface area contributed by atoms with Crippen molar-refractivity contribution in [1.82, 2.24) is 0 Å². The van der Waals surface area contributed by atoms with E-state index in [0.717, 1.165) is 38.9 Å². The zero-order valence-corrected chi connectivity index (χ0v) is 22.3. The molecular formula is C31H36O5. The third-order valence-corrected chi connectivity index (χ3v) is 5.97. The molecule has 0 aliphatic carbocycles. The van der Waals surface area contributed by atoms with Gasteiger partial charge in [0, 0.05) is 12.8 Å². The molecule has 5 nitrogen and oxygen atoms in total. The van der Waals surface area contributed by atoms with Crippen LogP contribution in [0.5, 0.6) is 17.2 Å². The predicted octanol–water partition coefficient (Wildman–Crippen LogP) is 6.62. The fraction of sp³-hybridized carbons (Fsp3) is 0.355. The van der Waals surface area contributed by atoms with Crippen molar-refractivity contribution in [2.75, 3.05) is 0 Å². The largest absolute Gasteiger partial charge is 0.507 e. The van der Waals surface area contributed by atoms with E-state index in [1.807, 2.05) is 57.2 Å². The van der Waals surface area contributed by atoms with E-state index >= 15 is 0 Å². The van der Waals surface area contributed by atoms with E-state index in [0.29, 0.717) is 24.3 Å². The molecule has 3 aromatic carbocycles. The Hall–Kier alpha value is -3.60. The summed E-state index contributed by atoms with van der Waals surface area (Å²) in [5.74, 6) is 0.116. The molecule has 0 aliphatic rings. The van der Waals surface area contributed by atoms with Crippen molar-refractivity contribution in [2.24, 2.45) is 11.8 Å². The number of hydrogen-bond acceptors (Lipinski definition) is 5. The maximum absolute atomic E-state index is 12.3. The summed E-state index contributed by atoms with van der Waals surface area (Å²) in [5, 5.41) is 11.3. The van der Waals surface area contributed by atoms with Gasteiger partial charge in [-0.25, -0.2) is 0 Å². The first-order chi connectivity index (χ1) is 16.9. The molecule has 36 heavy (non-hydrogen) atoms. The molecule has 5 heteroatoms. The summed E-state index contributed by atoms with van der Waals surface area (Å²) in [6, 6.07) is 15.3. The normalized spacial score (nSPS) is 11.1. The van der Waals surface area contributed by atoms with Crippen LogP contribution in [0.4, 0.5) is 0 Å². The Morgan fingerprint density at radius 2 is 1.00 bits per heavy atom. The van der Waals surface area contributed by atoms with Crippen molar-refractivity contribution in [1.29, 1.82) is 0 Å². The highest BCUT2D eigenvalue weighted by molar-refractivity contribution is 5.75.